The van der Waals surface area contributed by atoms with Gasteiger partial charge in [-0.3, -0.25) is 14.2 Å². The second-order valence-electron chi connectivity index (χ2n) is 9.83. The summed E-state index contributed by atoms with van der Waals surface area (Å²) in [5.74, 6) is -1.35. The van der Waals surface area contributed by atoms with E-state index in [0.717, 1.165) is 36.7 Å². The molecule has 0 unspecified atom stereocenters. The number of aliphatic carboxylic acids is 1. The van der Waals surface area contributed by atoms with Gasteiger partial charge in [0.05, 0.1) is 5.56 Å². The lowest BCUT2D eigenvalue weighted by molar-refractivity contribution is -0.144. The third-order valence-corrected chi connectivity index (χ3v) is 7.51. The molecule has 1 aromatic carbocycles. The van der Waals surface area contributed by atoms with Gasteiger partial charge in [0.1, 0.15) is 6.04 Å². The van der Waals surface area contributed by atoms with Crippen LogP contribution in [0.5, 0.6) is 0 Å². The molecule has 1 saturated carbocycles. The van der Waals surface area contributed by atoms with Gasteiger partial charge in [-0.05, 0) is 49.3 Å². The predicted octanol–water partition coefficient (Wildman–Crippen LogP) is 3.21. The Hall–Kier alpha value is -3.85. The number of hydrogen-bond acceptors (Lipinski definition) is 5. The fourth-order valence-electron chi connectivity index (χ4n) is 5.17. The minimum absolute atomic E-state index is 0.0958. The molecule has 1 fully saturated rings. The van der Waals surface area contributed by atoms with Crippen LogP contribution in [0, 0.1) is 12.3 Å². The van der Waals surface area contributed by atoms with Crippen molar-refractivity contribution in [3.8, 4) is 11.1 Å². The topological polar surface area (TPSA) is 159 Å². The van der Waals surface area contributed by atoms with Gasteiger partial charge in [0.15, 0.2) is 0 Å². The summed E-state index contributed by atoms with van der Waals surface area (Å²) in [5.41, 5.74) is 9.31. The molecule has 1 aliphatic rings. The zero-order valence-corrected chi connectivity index (χ0v) is 21.6. The van der Waals surface area contributed by atoms with Crippen molar-refractivity contribution in [3.05, 3.63) is 66.8 Å². The Balaban J connectivity index is 1.75. The summed E-state index contributed by atoms with van der Waals surface area (Å²) in [6, 6.07) is 5.84. The van der Waals surface area contributed by atoms with E-state index in [-0.39, 0.29) is 12.3 Å². The van der Waals surface area contributed by atoms with Gasteiger partial charge in [0.25, 0.3) is 5.56 Å². The molecule has 1 aliphatic carbocycles. The normalized spacial score (nSPS) is 15.1. The summed E-state index contributed by atoms with van der Waals surface area (Å²) < 4.78 is 2.47. The van der Waals surface area contributed by atoms with Crippen molar-refractivity contribution in [2.24, 2.45) is 24.6 Å². The molecule has 0 saturated heterocycles. The summed E-state index contributed by atoms with van der Waals surface area (Å²) in [6.45, 7) is 2.09. The Kier molecular flexibility index (Phi) is 8.94. The van der Waals surface area contributed by atoms with Crippen LogP contribution in [-0.4, -0.2) is 38.7 Å². The Morgan fingerprint density at radius 1 is 1.14 bits per heavy atom. The van der Waals surface area contributed by atoms with Gasteiger partial charge >= 0.3 is 11.7 Å². The van der Waals surface area contributed by atoms with Crippen LogP contribution in [0.1, 0.15) is 56.2 Å². The summed E-state index contributed by atoms with van der Waals surface area (Å²) in [5, 5.41) is 16.1. The number of carboxylic acids is 1. The predicted molar refractivity (Wildman–Crippen MR) is 139 cm³/mol. The molecule has 11 heteroatoms. The van der Waals surface area contributed by atoms with E-state index in [0.29, 0.717) is 41.8 Å². The molecular weight excluding hydrogens is 476 g/mol. The number of azide groups is 1. The zero-order chi connectivity index (χ0) is 27.2. The van der Waals surface area contributed by atoms with Gasteiger partial charge in [-0.1, -0.05) is 48.6 Å². The molecule has 0 radical (unpaired) electrons. The van der Waals surface area contributed by atoms with Gasteiger partial charge in [-0.15, -0.1) is 0 Å². The highest BCUT2D eigenvalue weighted by atomic mass is 16.4. The fourth-order valence-corrected chi connectivity index (χ4v) is 5.17. The quantitative estimate of drug-likeness (QED) is 0.205. The SMILES string of the molecule is Cc1c(-c2ccc(C[C@H](NC(=O)C3(CCCCN=[N+]=[N-])CCCC3)C(=O)O)cc2)c(=O)n(C)c(=O)n1C. The fraction of sp³-hybridized carbons (Fsp3) is 0.538. The first-order valence-corrected chi connectivity index (χ1v) is 12.5. The molecule has 198 valence electrons. The maximum atomic E-state index is 13.3. The third-order valence-electron chi connectivity index (χ3n) is 7.51. The van der Waals surface area contributed by atoms with Crippen LogP contribution < -0.4 is 16.6 Å². The van der Waals surface area contributed by atoms with Gasteiger partial charge < -0.3 is 15.0 Å². The Bertz CT molecular complexity index is 1310. The lowest BCUT2D eigenvalue weighted by atomic mass is 9.79. The molecule has 1 aromatic heterocycles. The van der Waals surface area contributed by atoms with Crippen molar-refractivity contribution in [1.29, 1.82) is 0 Å². The van der Waals surface area contributed by atoms with E-state index in [4.69, 9.17) is 5.53 Å². The number of rotatable bonds is 11. The second kappa shape index (κ2) is 11.9. The van der Waals surface area contributed by atoms with Crippen molar-refractivity contribution >= 4 is 11.9 Å². The number of carbonyl (C=O) groups excluding carboxylic acids is 1. The number of nitrogens with zero attached hydrogens (tertiary/aromatic N) is 5. The van der Waals surface area contributed by atoms with Crippen LogP contribution in [0.3, 0.4) is 0 Å². The lowest BCUT2D eigenvalue weighted by Gasteiger charge is -2.29. The number of hydrogen-bond donors (Lipinski definition) is 2. The van der Waals surface area contributed by atoms with Crippen molar-refractivity contribution < 1.29 is 14.7 Å². The first-order chi connectivity index (χ1) is 17.6. The summed E-state index contributed by atoms with van der Waals surface area (Å²) in [7, 11) is 3.03. The van der Waals surface area contributed by atoms with Crippen LogP contribution >= 0.6 is 0 Å². The van der Waals surface area contributed by atoms with Crippen LogP contribution in [0.25, 0.3) is 21.6 Å². The summed E-state index contributed by atoms with van der Waals surface area (Å²) >= 11 is 0. The minimum atomic E-state index is -1.11. The molecule has 11 nitrogen and oxygen atoms in total. The smallest absolute Gasteiger partial charge is 0.330 e. The molecule has 2 aromatic rings. The molecular formula is C26H34N6O5. The molecule has 1 amide bonds. The van der Waals surface area contributed by atoms with E-state index in [2.05, 4.69) is 15.3 Å². The van der Waals surface area contributed by atoms with Gasteiger partial charge in [0, 0.05) is 43.1 Å². The van der Waals surface area contributed by atoms with E-state index in [1.54, 1.807) is 38.2 Å². The van der Waals surface area contributed by atoms with Gasteiger partial charge in [-0.2, -0.15) is 0 Å². The molecule has 1 atom stereocenters. The van der Waals surface area contributed by atoms with Crippen LogP contribution in [0.4, 0.5) is 0 Å². The maximum Gasteiger partial charge on any atom is 0.330 e. The standard InChI is InChI=1S/C26H34N6O5/c1-17-21(22(33)32(3)25(37)31(17)2)19-10-8-18(9-11-19)16-20(23(34)35)29-24(36)26(12-4-5-13-26)14-6-7-15-28-30-27/h8-11,20H,4-7,12-16H2,1-3H3,(H,29,36)(H,34,35)/t20-/m0/s1. The number of benzene rings is 1. The number of carboxylic acid groups (broad SMARTS) is 1. The maximum absolute atomic E-state index is 13.3. The Morgan fingerprint density at radius 3 is 2.38 bits per heavy atom. The van der Waals surface area contributed by atoms with E-state index in [1.807, 2.05) is 0 Å². The van der Waals surface area contributed by atoms with Crippen LogP contribution in [-0.2, 0) is 30.1 Å². The molecule has 3 rings (SSSR count). The Morgan fingerprint density at radius 2 is 1.78 bits per heavy atom. The second-order valence-corrected chi connectivity index (χ2v) is 9.83. The number of carbonyl (C=O) groups is 2. The molecule has 1 heterocycles. The molecule has 37 heavy (non-hydrogen) atoms. The number of aromatic nitrogens is 2. The van der Waals surface area contributed by atoms with Crippen LogP contribution in [0.2, 0.25) is 0 Å². The van der Waals surface area contributed by atoms with E-state index in [1.165, 1.54) is 11.6 Å². The molecule has 0 spiro atoms. The number of unbranched alkanes of at least 4 members (excludes halogenated alkanes) is 1. The summed E-state index contributed by atoms with van der Waals surface area (Å²) in [6.07, 6.45) is 5.43. The number of nitrogens with one attached hydrogen (secondary N) is 1. The minimum Gasteiger partial charge on any atom is -0.480 e. The highest BCUT2D eigenvalue weighted by molar-refractivity contribution is 5.87. The first-order valence-electron chi connectivity index (χ1n) is 12.5. The van der Waals surface area contributed by atoms with Crippen molar-refractivity contribution in [1.82, 2.24) is 14.5 Å². The van der Waals surface area contributed by atoms with E-state index in [9.17, 15) is 24.3 Å². The van der Waals surface area contributed by atoms with E-state index < -0.39 is 28.7 Å². The summed E-state index contributed by atoms with van der Waals surface area (Å²) in [4.78, 5) is 52.9. The molecule has 2 N–H and O–H groups in total. The van der Waals surface area contributed by atoms with Crippen molar-refractivity contribution in [2.45, 2.75) is 64.3 Å². The van der Waals surface area contributed by atoms with Crippen molar-refractivity contribution in [3.63, 3.8) is 0 Å². The largest absolute Gasteiger partial charge is 0.480 e. The van der Waals surface area contributed by atoms with E-state index >= 15 is 0 Å². The Labute approximate surface area is 214 Å². The highest BCUT2D eigenvalue weighted by Crippen LogP contribution is 2.42. The molecule has 0 bridgehead atoms. The zero-order valence-electron chi connectivity index (χ0n) is 21.6. The lowest BCUT2D eigenvalue weighted by Crippen LogP contribution is -2.48. The third kappa shape index (κ3) is 6.11. The molecule has 0 aliphatic heterocycles. The van der Waals surface area contributed by atoms with Gasteiger partial charge in [-0.25, -0.2) is 9.59 Å². The van der Waals surface area contributed by atoms with Gasteiger partial charge in [0.2, 0.25) is 5.91 Å². The highest BCUT2D eigenvalue weighted by Gasteiger charge is 2.41. The average Bonchev–Trinajstić information content (AvgIpc) is 3.37. The van der Waals surface area contributed by atoms with Crippen LogP contribution in [0.15, 0.2) is 39.0 Å². The average molecular weight is 511 g/mol. The monoisotopic (exact) mass is 510 g/mol. The number of amides is 1. The van der Waals surface area contributed by atoms with Crippen molar-refractivity contribution in [2.75, 3.05) is 6.54 Å². The first kappa shape index (κ1) is 27.7.